The van der Waals surface area contributed by atoms with Crippen LogP contribution in [0.2, 0.25) is 0 Å². The van der Waals surface area contributed by atoms with E-state index in [1.54, 1.807) is 0 Å². The van der Waals surface area contributed by atoms with Crippen molar-refractivity contribution in [3.8, 4) is 0 Å². The molecular formula is C42H78N2O23S5. The molecule has 4 saturated heterocycles. The molecule has 4 fully saturated rings. The van der Waals surface area contributed by atoms with E-state index in [9.17, 15) is 76.6 Å². The minimum atomic E-state index is -1.50. The van der Waals surface area contributed by atoms with Gasteiger partial charge in [-0.15, -0.1) is 35.3 Å². The summed E-state index contributed by atoms with van der Waals surface area (Å²) >= 11 is 10.6. The summed E-state index contributed by atoms with van der Waals surface area (Å²) in [7, 11) is 1.32. The molecule has 25 nitrogen and oxygen atoms in total. The summed E-state index contributed by atoms with van der Waals surface area (Å²) in [5.74, 6) is 2.02. The van der Waals surface area contributed by atoms with Crippen LogP contribution in [0.25, 0.3) is 0 Å². The summed E-state index contributed by atoms with van der Waals surface area (Å²) in [5.41, 5.74) is -3.63. The van der Waals surface area contributed by atoms with Gasteiger partial charge in [0.2, 0.25) is 0 Å². The number of rotatable bonds is 32. The lowest BCUT2D eigenvalue weighted by molar-refractivity contribution is -0.284. The average Bonchev–Trinajstić information content (AvgIpc) is 3.38. The van der Waals surface area contributed by atoms with Crippen LogP contribution in [0.4, 0.5) is 0 Å². The predicted molar refractivity (Wildman–Crippen MR) is 267 cm³/mol. The standard InChI is InChI=1S/C42H78N2O23S5/c1-60-37-33(56)29(52)28(51)24(64-37)16-69-12-5-43-41(68)44-17-42(18-61-6-2-9-70-38-34(57)30(53)25(48)21(13-45)65-38,19-62-7-3-10-71-39-35(58)31(54)26(49)22(14-46)66-39)20-63-8-4-11-72-40-36(59)32(55)27(50)23(15-47)67-40/h21-40,45-59H,2-20H2,1H3,(H2,43,44,68)/t21-,22-,23-,24-,25-,26-,27-,28-,29+,30+,31+,32+,33-,34+,35+,36+,37+,38-,39-,40-/m1/s1. The molecule has 0 radical (unpaired) electrons. The van der Waals surface area contributed by atoms with Crippen LogP contribution in [0.3, 0.4) is 0 Å². The largest absolute Gasteiger partial charge is 0.394 e. The van der Waals surface area contributed by atoms with Crippen LogP contribution < -0.4 is 10.6 Å². The Labute approximate surface area is 440 Å². The van der Waals surface area contributed by atoms with Gasteiger partial charge in [-0.2, -0.15) is 11.8 Å². The molecule has 0 aromatic rings. The zero-order chi connectivity index (χ0) is 53.0. The maximum atomic E-state index is 10.5. The fraction of sp³-hybridized carbons (Fsp3) is 0.976. The van der Waals surface area contributed by atoms with Crippen molar-refractivity contribution in [2.45, 2.75) is 140 Å². The van der Waals surface area contributed by atoms with Crippen molar-refractivity contribution in [3.63, 3.8) is 0 Å². The van der Waals surface area contributed by atoms with Crippen LogP contribution >= 0.6 is 59.3 Å². The fourth-order valence-corrected chi connectivity index (χ4v) is 12.2. The van der Waals surface area contributed by atoms with Crippen LogP contribution in [-0.2, 0) is 37.9 Å². The van der Waals surface area contributed by atoms with Gasteiger partial charge in [-0.3, -0.25) is 0 Å². The van der Waals surface area contributed by atoms with E-state index in [1.165, 1.54) is 54.2 Å². The molecule has 0 bridgehead atoms. The SMILES string of the molecule is CO[C@H]1O[C@H](CSCCNC(=S)NCC(COCCCS[C@H]2O[C@H](CO)[C@@H](O)[C@H](O)[C@@H]2O)(COCCCS[C@H]2O[C@H](CO)[C@@H](O)[C@H](O)[C@@H]2O)COCCCS[C@H]2O[C@H](CO)[C@@H](O)[C@H](O)[C@@H]2O)[C@@H](O)[C@H](O)[C@H]1O. The zero-order valence-corrected chi connectivity index (χ0v) is 44.1. The Morgan fingerprint density at radius 2 is 0.861 bits per heavy atom. The van der Waals surface area contributed by atoms with E-state index in [0.29, 0.717) is 48.8 Å². The first-order chi connectivity index (χ1) is 34.4. The molecule has 17 N–H and O–H groups in total. The van der Waals surface area contributed by atoms with Gasteiger partial charge in [0.15, 0.2) is 11.4 Å². The van der Waals surface area contributed by atoms with Gasteiger partial charge in [0.25, 0.3) is 0 Å². The van der Waals surface area contributed by atoms with Gasteiger partial charge in [-0.25, -0.2) is 0 Å². The normalized spacial score (nSPS) is 37.7. The van der Waals surface area contributed by atoms with Crippen molar-refractivity contribution in [1.82, 2.24) is 10.6 Å². The van der Waals surface area contributed by atoms with E-state index >= 15 is 0 Å². The van der Waals surface area contributed by atoms with Crippen molar-refractivity contribution in [1.29, 1.82) is 0 Å². The smallest absolute Gasteiger partial charge is 0.186 e. The molecule has 20 atom stereocenters. The van der Waals surface area contributed by atoms with Crippen LogP contribution in [0.5, 0.6) is 0 Å². The Morgan fingerprint density at radius 3 is 1.24 bits per heavy atom. The lowest BCUT2D eigenvalue weighted by atomic mass is 9.90. The monoisotopic (exact) mass is 1140 g/mol. The predicted octanol–water partition coefficient (Wildman–Crippen LogP) is -6.56. The number of thioether (sulfide) groups is 4. The molecule has 0 aromatic heterocycles. The van der Waals surface area contributed by atoms with Gasteiger partial charge in [-0.1, -0.05) is 0 Å². The zero-order valence-electron chi connectivity index (χ0n) is 40.0. The van der Waals surface area contributed by atoms with E-state index in [0.717, 1.165) is 0 Å². The van der Waals surface area contributed by atoms with E-state index in [2.05, 4.69) is 10.6 Å². The molecule has 4 rings (SSSR count). The Hall–Kier alpha value is 0.170. The molecule has 424 valence electrons. The van der Waals surface area contributed by atoms with Gasteiger partial charge in [0, 0.05) is 51.5 Å². The lowest BCUT2D eigenvalue weighted by Gasteiger charge is -2.39. The van der Waals surface area contributed by atoms with Crippen molar-refractivity contribution < 1.29 is 114 Å². The number of aliphatic hydroxyl groups is 15. The molecule has 0 unspecified atom stereocenters. The van der Waals surface area contributed by atoms with Gasteiger partial charge < -0.3 is 125 Å². The van der Waals surface area contributed by atoms with E-state index in [4.69, 9.17) is 50.1 Å². The summed E-state index contributed by atoms with van der Waals surface area (Å²) in [6.07, 6.45) is -20.9. The van der Waals surface area contributed by atoms with Crippen molar-refractivity contribution >= 4 is 64.4 Å². The minimum Gasteiger partial charge on any atom is -0.394 e. The van der Waals surface area contributed by atoms with Crippen molar-refractivity contribution in [2.24, 2.45) is 5.41 Å². The summed E-state index contributed by atoms with van der Waals surface area (Å²) in [5, 5.41) is 159. The fourth-order valence-electron chi connectivity index (χ4n) is 7.86. The molecule has 72 heavy (non-hydrogen) atoms. The topological polar surface area (TPSA) is 401 Å². The molecule has 0 amide bonds. The Bertz CT molecular complexity index is 1380. The summed E-state index contributed by atoms with van der Waals surface area (Å²) in [6, 6.07) is 0. The summed E-state index contributed by atoms with van der Waals surface area (Å²) in [6.45, 7) is -0.192. The van der Waals surface area contributed by atoms with Crippen LogP contribution in [0.15, 0.2) is 0 Å². The number of nitrogens with one attached hydrogen (secondary N) is 2. The Morgan fingerprint density at radius 1 is 0.486 bits per heavy atom. The van der Waals surface area contributed by atoms with Crippen LogP contribution in [0.1, 0.15) is 19.3 Å². The number of aliphatic hydroxyl groups excluding tert-OH is 15. The highest BCUT2D eigenvalue weighted by atomic mass is 32.2. The van der Waals surface area contributed by atoms with E-state index in [-0.39, 0.29) is 57.1 Å². The quantitative estimate of drug-likeness (QED) is 0.0220. The highest BCUT2D eigenvalue weighted by Crippen LogP contribution is 2.32. The van der Waals surface area contributed by atoms with Crippen LogP contribution in [0, 0.1) is 5.41 Å². The molecule has 0 aliphatic carbocycles. The second-order valence-electron chi connectivity index (χ2n) is 17.9. The maximum Gasteiger partial charge on any atom is 0.186 e. The van der Waals surface area contributed by atoms with Crippen molar-refractivity contribution in [2.75, 3.05) is 108 Å². The second-order valence-corrected chi connectivity index (χ2v) is 23.0. The third-order valence-corrected chi connectivity index (χ3v) is 17.3. The second kappa shape index (κ2) is 33.6. The molecule has 4 aliphatic rings. The van der Waals surface area contributed by atoms with Gasteiger partial charge in [0.05, 0.1) is 51.2 Å². The maximum absolute atomic E-state index is 10.5. The third-order valence-electron chi connectivity index (χ3n) is 12.3. The molecule has 4 aliphatic heterocycles. The summed E-state index contributed by atoms with van der Waals surface area (Å²) < 4.78 is 46.2. The number of hydrogen-bond donors (Lipinski definition) is 17. The first-order valence-corrected chi connectivity index (χ1v) is 28.5. The first kappa shape index (κ1) is 64.7. The van der Waals surface area contributed by atoms with Crippen LogP contribution in [-0.4, -0.2) is 310 Å². The first-order valence-electron chi connectivity index (χ1n) is 23.8. The van der Waals surface area contributed by atoms with E-state index < -0.39 is 145 Å². The lowest BCUT2D eigenvalue weighted by Crippen LogP contribution is -2.58. The highest BCUT2D eigenvalue weighted by molar-refractivity contribution is 8.00. The molecule has 30 heteroatoms. The van der Waals surface area contributed by atoms with Gasteiger partial charge in [-0.05, 0) is 48.7 Å². The Balaban J connectivity index is 1.37. The molecular weight excluding hydrogens is 1060 g/mol. The number of hydrogen-bond acceptors (Lipinski definition) is 28. The average molecular weight is 1140 g/mol. The number of methoxy groups -OCH3 is 1. The highest BCUT2D eigenvalue weighted by Gasteiger charge is 2.47. The summed E-state index contributed by atoms with van der Waals surface area (Å²) in [4.78, 5) is 0. The van der Waals surface area contributed by atoms with E-state index in [1.807, 2.05) is 0 Å². The third kappa shape index (κ3) is 19.2. The Kier molecular flexibility index (Phi) is 30.2. The number of ether oxygens (including phenoxy) is 8. The van der Waals surface area contributed by atoms with Gasteiger partial charge >= 0.3 is 0 Å². The molecule has 0 saturated carbocycles. The minimum absolute atomic E-state index is 0.0785. The van der Waals surface area contributed by atoms with Crippen molar-refractivity contribution in [3.05, 3.63) is 0 Å². The molecule has 4 heterocycles. The molecule has 0 spiro atoms. The molecule has 0 aromatic carbocycles. The number of thiocarbonyl (C=S) groups is 1. The van der Waals surface area contributed by atoms with Gasteiger partial charge in [0.1, 0.15) is 108 Å².